The summed E-state index contributed by atoms with van der Waals surface area (Å²) in [5, 5.41) is 0. The van der Waals surface area contributed by atoms with E-state index in [4.69, 9.17) is 4.74 Å². The van der Waals surface area contributed by atoms with E-state index in [-0.39, 0.29) is 6.09 Å². The number of hydrogen-bond acceptors (Lipinski definition) is 3. The molecule has 3 nitrogen and oxygen atoms in total. The van der Waals surface area contributed by atoms with Crippen molar-refractivity contribution in [3.8, 4) is 0 Å². The molecule has 10 heavy (non-hydrogen) atoms. The molecule has 0 aromatic heterocycles. The topological polar surface area (TPSA) is 29.5 Å². The molecule has 4 heteroatoms. The second-order valence-electron chi connectivity index (χ2n) is 2.50. The van der Waals surface area contributed by atoms with Gasteiger partial charge < -0.3 is 9.64 Å². The minimum absolute atomic E-state index is 0.120. The molecule has 0 saturated carbocycles. The van der Waals surface area contributed by atoms with E-state index in [0.717, 1.165) is 18.1 Å². The van der Waals surface area contributed by atoms with Crippen molar-refractivity contribution in [2.75, 3.05) is 24.7 Å². The SMILES string of the molecule is O=C1OCC2CSCCN12. The van der Waals surface area contributed by atoms with E-state index < -0.39 is 0 Å². The maximum atomic E-state index is 10.9. The van der Waals surface area contributed by atoms with E-state index in [1.54, 1.807) is 0 Å². The molecule has 1 amide bonds. The lowest BCUT2D eigenvalue weighted by Crippen LogP contribution is -2.40. The molecule has 0 aromatic carbocycles. The lowest BCUT2D eigenvalue weighted by atomic mass is 10.3. The van der Waals surface area contributed by atoms with Crippen LogP contribution in [0.3, 0.4) is 0 Å². The Morgan fingerprint density at radius 1 is 1.70 bits per heavy atom. The summed E-state index contributed by atoms with van der Waals surface area (Å²) in [7, 11) is 0. The number of fused-ring (bicyclic) bond motifs is 1. The molecule has 0 aliphatic carbocycles. The quantitative estimate of drug-likeness (QED) is 0.517. The van der Waals surface area contributed by atoms with Gasteiger partial charge in [-0.05, 0) is 0 Å². The Balaban J connectivity index is 2.08. The van der Waals surface area contributed by atoms with Crippen LogP contribution in [0.25, 0.3) is 0 Å². The van der Waals surface area contributed by atoms with Crippen LogP contribution in [0.1, 0.15) is 0 Å². The van der Waals surface area contributed by atoms with Gasteiger partial charge in [-0.25, -0.2) is 4.79 Å². The van der Waals surface area contributed by atoms with Crippen molar-refractivity contribution < 1.29 is 9.53 Å². The Morgan fingerprint density at radius 3 is 3.40 bits per heavy atom. The first-order valence-corrected chi connectivity index (χ1v) is 4.54. The van der Waals surface area contributed by atoms with Gasteiger partial charge in [0.25, 0.3) is 0 Å². The van der Waals surface area contributed by atoms with Crippen LogP contribution in [-0.2, 0) is 4.74 Å². The molecule has 2 fully saturated rings. The molecule has 2 aliphatic heterocycles. The van der Waals surface area contributed by atoms with Crippen molar-refractivity contribution in [2.45, 2.75) is 6.04 Å². The number of amides is 1. The number of nitrogens with zero attached hydrogens (tertiary/aromatic N) is 1. The first-order valence-electron chi connectivity index (χ1n) is 3.39. The Kier molecular flexibility index (Phi) is 1.48. The van der Waals surface area contributed by atoms with Gasteiger partial charge in [0.05, 0.1) is 6.04 Å². The molecule has 2 aliphatic rings. The highest BCUT2D eigenvalue weighted by atomic mass is 32.2. The Bertz CT molecular complexity index is 162. The summed E-state index contributed by atoms with van der Waals surface area (Å²) in [5.74, 6) is 2.11. The van der Waals surface area contributed by atoms with Crippen LogP contribution in [0.15, 0.2) is 0 Å². The van der Waals surface area contributed by atoms with Crippen molar-refractivity contribution in [3.63, 3.8) is 0 Å². The highest BCUT2D eigenvalue weighted by Crippen LogP contribution is 2.21. The van der Waals surface area contributed by atoms with Crippen molar-refractivity contribution >= 4 is 17.9 Å². The first kappa shape index (κ1) is 6.34. The van der Waals surface area contributed by atoms with Gasteiger partial charge in [-0.1, -0.05) is 0 Å². The Labute approximate surface area is 63.7 Å². The number of cyclic esters (lactones) is 1. The van der Waals surface area contributed by atoms with Crippen LogP contribution in [-0.4, -0.2) is 41.7 Å². The molecule has 2 rings (SSSR count). The summed E-state index contributed by atoms with van der Waals surface area (Å²) in [4.78, 5) is 12.7. The van der Waals surface area contributed by atoms with Crippen LogP contribution in [0.2, 0.25) is 0 Å². The molecule has 56 valence electrons. The highest BCUT2D eigenvalue weighted by molar-refractivity contribution is 7.99. The third-order valence-electron chi connectivity index (χ3n) is 1.86. The van der Waals surface area contributed by atoms with E-state index in [9.17, 15) is 4.79 Å². The van der Waals surface area contributed by atoms with Crippen molar-refractivity contribution in [3.05, 3.63) is 0 Å². The van der Waals surface area contributed by atoms with E-state index >= 15 is 0 Å². The molecule has 2 saturated heterocycles. The van der Waals surface area contributed by atoms with Crippen molar-refractivity contribution in [1.29, 1.82) is 0 Å². The third-order valence-corrected chi connectivity index (χ3v) is 2.95. The van der Waals surface area contributed by atoms with E-state index in [2.05, 4.69) is 0 Å². The van der Waals surface area contributed by atoms with Gasteiger partial charge in [-0.2, -0.15) is 11.8 Å². The minimum atomic E-state index is -0.120. The molecular weight excluding hydrogens is 150 g/mol. The maximum absolute atomic E-state index is 10.9. The maximum Gasteiger partial charge on any atom is 0.410 e. The zero-order valence-corrected chi connectivity index (χ0v) is 6.39. The van der Waals surface area contributed by atoms with Crippen LogP contribution >= 0.6 is 11.8 Å². The zero-order valence-electron chi connectivity index (χ0n) is 5.58. The predicted octanol–water partition coefficient (Wildman–Crippen LogP) is 0.554. The molecule has 2 heterocycles. The fourth-order valence-electron chi connectivity index (χ4n) is 1.28. The van der Waals surface area contributed by atoms with E-state index in [1.165, 1.54) is 0 Å². The van der Waals surface area contributed by atoms with E-state index in [0.29, 0.717) is 12.6 Å². The van der Waals surface area contributed by atoms with Gasteiger partial charge in [0.15, 0.2) is 0 Å². The lowest BCUT2D eigenvalue weighted by molar-refractivity contribution is 0.159. The smallest absolute Gasteiger partial charge is 0.410 e. The summed E-state index contributed by atoms with van der Waals surface area (Å²) in [6.45, 7) is 1.47. The predicted molar refractivity (Wildman–Crippen MR) is 39.2 cm³/mol. The van der Waals surface area contributed by atoms with Crippen LogP contribution in [0, 0.1) is 0 Å². The standard InChI is InChI=1S/C6H9NO2S/c8-6-7-1-2-10-4-5(7)3-9-6/h5H,1-4H2. The van der Waals surface area contributed by atoms with Gasteiger partial charge in [-0.15, -0.1) is 0 Å². The Morgan fingerprint density at radius 2 is 2.60 bits per heavy atom. The monoisotopic (exact) mass is 159 g/mol. The molecule has 0 spiro atoms. The van der Waals surface area contributed by atoms with Gasteiger partial charge in [0, 0.05) is 18.1 Å². The number of thioether (sulfide) groups is 1. The summed E-state index contributed by atoms with van der Waals surface area (Å²) in [6, 6.07) is 0.367. The molecule has 1 atom stereocenters. The Hall–Kier alpha value is -0.380. The number of carbonyl (C=O) groups is 1. The van der Waals surface area contributed by atoms with Gasteiger partial charge >= 0.3 is 6.09 Å². The van der Waals surface area contributed by atoms with Gasteiger partial charge in [0.1, 0.15) is 6.61 Å². The summed E-state index contributed by atoms with van der Waals surface area (Å²) in [6.07, 6.45) is -0.120. The second kappa shape index (κ2) is 2.34. The van der Waals surface area contributed by atoms with Gasteiger partial charge in [-0.3, -0.25) is 0 Å². The molecular formula is C6H9NO2S. The second-order valence-corrected chi connectivity index (χ2v) is 3.65. The zero-order chi connectivity index (χ0) is 6.97. The summed E-state index contributed by atoms with van der Waals surface area (Å²) >= 11 is 1.90. The van der Waals surface area contributed by atoms with Crippen LogP contribution in [0.4, 0.5) is 4.79 Å². The average molecular weight is 159 g/mol. The lowest BCUT2D eigenvalue weighted by Gasteiger charge is -2.25. The first-order chi connectivity index (χ1) is 4.88. The third kappa shape index (κ3) is 0.868. The van der Waals surface area contributed by atoms with Crippen molar-refractivity contribution in [2.24, 2.45) is 0 Å². The molecule has 1 unspecified atom stereocenters. The summed E-state index contributed by atoms with van der Waals surface area (Å²) < 4.78 is 4.87. The highest BCUT2D eigenvalue weighted by Gasteiger charge is 2.34. The number of hydrogen-bond donors (Lipinski definition) is 0. The number of ether oxygens (including phenoxy) is 1. The molecule has 0 radical (unpaired) electrons. The molecule has 0 bridgehead atoms. The fourth-order valence-corrected chi connectivity index (χ4v) is 2.32. The molecule has 0 N–H and O–H groups in total. The van der Waals surface area contributed by atoms with Crippen LogP contribution in [0.5, 0.6) is 0 Å². The largest absolute Gasteiger partial charge is 0.447 e. The number of rotatable bonds is 0. The van der Waals surface area contributed by atoms with Gasteiger partial charge in [0.2, 0.25) is 0 Å². The van der Waals surface area contributed by atoms with Crippen LogP contribution < -0.4 is 0 Å². The van der Waals surface area contributed by atoms with E-state index in [1.807, 2.05) is 16.7 Å². The normalized spacial score (nSPS) is 31.8. The van der Waals surface area contributed by atoms with Crippen molar-refractivity contribution in [1.82, 2.24) is 4.90 Å². The number of carbonyl (C=O) groups excluding carboxylic acids is 1. The summed E-state index contributed by atoms with van der Waals surface area (Å²) in [5.41, 5.74) is 0. The molecule has 0 aromatic rings. The fraction of sp³-hybridized carbons (Fsp3) is 0.833. The average Bonchev–Trinajstić information content (AvgIpc) is 2.34. The minimum Gasteiger partial charge on any atom is -0.447 e.